The summed E-state index contributed by atoms with van der Waals surface area (Å²) in [6, 6.07) is 0. The number of ether oxygens (including phenoxy) is 1. The molecule has 0 aromatic carbocycles. The molecular weight excluding hydrogens is 258 g/mol. The highest BCUT2D eigenvalue weighted by molar-refractivity contribution is 7.16. The number of hydrogen-bond acceptors (Lipinski definition) is 4. The summed E-state index contributed by atoms with van der Waals surface area (Å²) in [5.74, 6) is 0.0943. The lowest BCUT2D eigenvalue weighted by atomic mass is 9.82. The highest BCUT2D eigenvalue weighted by Gasteiger charge is 2.49. The Labute approximate surface area is 119 Å². The number of carbonyl (C=O) groups is 1. The van der Waals surface area contributed by atoms with Crippen LogP contribution in [-0.4, -0.2) is 5.78 Å². The summed E-state index contributed by atoms with van der Waals surface area (Å²) in [7, 11) is 0. The van der Waals surface area contributed by atoms with Crippen LogP contribution in [0.2, 0.25) is 0 Å². The second-order valence-corrected chi connectivity index (χ2v) is 8.30. The zero-order valence-electron chi connectivity index (χ0n) is 12.8. The molecule has 3 nitrogen and oxygen atoms in total. The number of nitrogen functional groups attached to an aromatic ring is 1. The van der Waals surface area contributed by atoms with Gasteiger partial charge in [0.15, 0.2) is 5.78 Å². The molecule has 0 atom stereocenters. The van der Waals surface area contributed by atoms with Crippen LogP contribution in [0.3, 0.4) is 0 Å². The van der Waals surface area contributed by atoms with E-state index in [4.69, 9.17) is 10.5 Å². The number of carbonyl (C=O) groups excluding carboxylic acids is 1. The summed E-state index contributed by atoms with van der Waals surface area (Å²) >= 11 is 1.49. The Morgan fingerprint density at radius 1 is 1.16 bits per heavy atom. The molecule has 4 heteroatoms. The van der Waals surface area contributed by atoms with Crippen molar-refractivity contribution in [2.75, 3.05) is 5.73 Å². The molecule has 0 unspecified atom stereocenters. The first kappa shape index (κ1) is 14.5. The van der Waals surface area contributed by atoms with Crippen LogP contribution < -0.4 is 5.73 Å². The number of anilines is 1. The predicted molar refractivity (Wildman–Crippen MR) is 79.7 cm³/mol. The maximum Gasteiger partial charge on any atom is 0.171 e. The third kappa shape index (κ3) is 2.11. The van der Waals surface area contributed by atoms with E-state index >= 15 is 0 Å². The number of ketones is 1. The Morgan fingerprint density at radius 3 is 2.16 bits per heavy atom. The van der Waals surface area contributed by atoms with Crippen molar-refractivity contribution in [3.8, 4) is 0 Å². The number of nitrogens with two attached hydrogens (primary N) is 1. The van der Waals surface area contributed by atoms with Gasteiger partial charge in [-0.05, 0) is 27.7 Å². The fraction of sp³-hybridized carbons (Fsp3) is 0.667. The predicted octanol–water partition coefficient (Wildman–Crippen LogP) is 4.06. The highest BCUT2D eigenvalue weighted by Crippen LogP contribution is 2.54. The summed E-state index contributed by atoms with van der Waals surface area (Å²) < 4.78 is 6.11. The van der Waals surface area contributed by atoms with Gasteiger partial charge in [0.25, 0.3) is 0 Å². The van der Waals surface area contributed by atoms with Gasteiger partial charge in [0.2, 0.25) is 0 Å². The molecule has 19 heavy (non-hydrogen) atoms. The second-order valence-electron chi connectivity index (χ2n) is 7.25. The molecule has 1 aliphatic heterocycles. The molecule has 0 saturated heterocycles. The monoisotopic (exact) mass is 281 g/mol. The van der Waals surface area contributed by atoms with Gasteiger partial charge in [0, 0.05) is 15.9 Å². The first-order chi connectivity index (χ1) is 8.38. The Morgan fingerprint density at radius 2 is 1.68 bits per heavy atom. The minimum atomic E-state index is -0.469. The molecule has 0 amide bonds. The van der Waals surface area contributed by atoms with E-state index < -0.39 is 11.0 Å². The summed E-state index contributed by atoms with van der Waals surface area (Å²) in [4.78, 5) is 13.8. The molecular formula is C15H23NO2S. The molecule has 2 N–H and O–H groups in total. The van der Waals surface area contributed by atoms with Gasteiger partial charge in [-0.2, -0.15) is 0 Å². The van der Waals surface area contributed by atoms with E-state index in [0.29, 0.717) is 10.6 Å². The molecule has 0 bridgehead atoms. The van der Waals surface area contributed by atoms with Crippen molar-refractivity contribution in [3.63, 3.8) is 0 Å². The van der Waals surface area contributed by atoms with Crippen molar-refractivity contribution in [1.82, 2.24) is 0 Å². The number of fused-ring (bicyclic) bond motifs is 1. The smallest absolute Gasteiger partial charge is 0.171 e. The maximum absolute atomic E-state index is 12.7. The van der Waals surface area contributed by atoms with E-state index in [1.807, 2.05) is 48.5 Å². The van der Waals surface area contributed by atoms with Gasteiger partial charge in [-0.1, -0.05) is 20.8 Å². The lowest BCUT2D eigenvalue weighted by molar-refractivity contribution is -0.104. The third-order valence-corrected chi connectivity index (χ3v) is 4.83. The van der Waals surface area contributed by atoms with E-state index in [9.17, 15) is 4.79 Å². The van der Waals surface area contributed by atoms with Gasteiger partial charge in [0.05, 0.1) is 21.8 Å². The SMILES string of the molecule is CC(C)(C)C(=O)c1c(N)sc2c1C(C)(C)OC2(C)C. The number of Topliss-reactive ketones (excluding diaryl/α,β-unsaturated/α-hetero) is 1. The lowest BCUT2D eigenvalue weighted by Gasteiger charge is -2.27. The lowest BCUT2D eigenvalue weighted by Crippen LogP contribution is -2.27. The van der Waals surface area contributed by atoms with E-state index in [1.165, 1.54) is 11.3 Å². The van der Waals surface area contributed by atoms with Crippen LogP contribution in [0.15, 0.2) is 0 Å². The molecule has 0 spiro atoms. The molecule has 0 saturated carbocycles. The topological polar surface area (TPSA) is 52.3 Å². The minimum absolute atomic E-state index is 0.0943. The quantitative estimate of drug-likeness (QED) is 0.790. The van der Waals surface area contributed by atoms with Crippen molar-refractivity contribution in [2.24, 2.45) is 5.41 Å². The Hall–Kier alpha value is -0.870. The molecule has 1 aliphatic rings. The van der Waals surface area contributed by atoms with Gasteiger partial charge < -0.3 is 10.5 Å². The number of hydrogen-bond donors (Lipinski definition) is 1. The summed E-state index contributed by atoms with van der Waals surface area (Å²) in [5, 5.41) is 0.620. The molecule has 1 aromatic rings. The zero-order valence-corrected chi connectivity index (χ0v) is 13.6. The number of thiophene rings is 1. The van der Waals surface area contributed by atoms with E-state index in [-0.39, 0.29) is 11.4 Å². The normalized spacial score (nSPS) is 20.4. The third-order valence-electron chi connectivity index (χ3n) is 3.50. The van der Waals surface area contributed by atoms with Gasteiger partial charge in [-0.3, -0.25) is 4.79 Å². The Kier molecular flexibility index (Phi) is 2.93. The Bertz CT molecular complexity index is 547. The van der Waals surface area contributed by atoms with Crippen LogP contribution in [0.1, 0.15) is 69.3 Å². The van der Waals surface area contributed by atoms with Crippen LogP contribution in [0.5, 0.6) is 0 Å². The minimum Gasteiger partial charge on any atom is -0.390 e. The molecule has 2 rings (SSSR count). The first-order valence-electron chi connectivity index (χ1n) is 6.56. The highest BCUT2D eigenvalue weighted by atomic mass is 32.1. The number of rotatable bonds is 1. The standard InChI is InChI=1S/C15H23NO2S/c1-13(2,3)10(17)8-9-11(19-12(8)16)15(6,7)18-14(9,4)5/h16H2,1-7H3. The molecule has 0 aliphatic carbocycles. The van der Waals surface area contributed by atoms with Crippen molar-refractivity contribution in [2.45, 2.75) is 59.7 Å². The molecule has 0 radical (unpaired) electrons. The average molecular weight is 281 g/mol. The largest absolute Gasteiger partial charge is 0.390 e. The Balaban J connectivity index is 2.71. The van der Waals surface area contributed by atoms with Gasteiger partial charge in [-0.15, -0.1) is 11.3 Å². The van der Waals surface area contributed by atoms with Crippen molar-refractivity contribution >= 4 is 22.1 Å². The summed E-state index contributed by atoms with van der Waals surface area (Å²) in [5.41, 5.74) is 6.50. The van der Waals surface area contributed by atoms with Crippen LogP contribution in [0, 0.1) is 5.41 Å². The maximum atomic E-state index is 12.7. The molecule has 0 fully saturated rings. The van der Waals surface area contributed by atoms with Crippen LogP contribution in [-0.2, 0) is 15.9 Å². The van der Waals surface area contributed by atoms with Crippen LogP contribution in [0.4, 0.5) is 5.00 Å². The summed E-state index contributed by atoms with van der Waals surface area (Å²) in [6.45, 7) is 13.8. The fourth-order valence-electron chi connectivity index (χ4n) is 2.78. The second kappa shape index (κ2) is 3.83. The fourth-order valence-corrected chi connectivity index (χ4v) is 4.04. The van der Waals surface area contributed by atoms with Crippen LogP contribution in [0.25, 0.3) is 0 Å². The molecule has 106 valence electrons. The van der Waals surface area contributed by atoms with E-state index in [1.54, 1.807) is 0 Å². The van der Waals surface area contributed by atoms with Gasteiger partial charge in [0.1, 0.15) is 0 Å². The van der Waals surface area contributed by atoms with Crippen LogP contribution >= 0.6 is 11.3 Å². The average Bonchev–Trinajstić information content (AvgIpc) is 2.59. The van der Waals surface area contributed by atoms with Gasteiger partial charge >= 0.3 is 0 Å². The van der Waals surface area contributed by atoms with Crippen molar-refractivity contribution < 1.29 is 9.53 Å². The summed E-state index contributed by atoms with van der Waals surface area (Å²) in [6.07, 6.45) is 0. The zero-order chi connectivity index (χ0) is 14.8. The van der Waals surface area contributed by atoms with Gasteiger partial charge in [-0.25, -0.2) is 0 Å². The van der Waals surface area contributed by atoms with E-state index in [2.05, 4.69) is 0 Å². The van der Waals surface area contributed by atoms with Crippen molar-refractivity contribution in [3.05, 3.63) is 16.0 Å². The molecule has 1 aromatic heterocycles. The molecule has 2 heterocycles. The first-order valence-corrected chi connectivity index (χ1v) is 7.38. The van der Waals surface area contributed by atoms with Crippen molar-refractivity contribution in [1.29, 1.82) is 0 Å². The van der Waals surface area contributed by atoms with E-state index in [0.717, 1.165) is 10.4 Å².